The molecule has 0 bridgehead atoms. The van der Waals surface area contributed by atoms with Crippen LogP contribution in [0.5, 0.6) is 0 Å². The minimum atomic E-state index is 0.661. The number of ether oxygens (including phenoxy) is 1. The highest BCUT2D eigenvalue weighted by Gasteiger charge is 2.17. The summed E-state index contributed by atoms with van der Waals surface area (Å²) in [6, 6.07) is 8.40. The van der Waals surface area contributed by atoms with E-state index in [1.807, 2.05) is 19.1 Å². The molecule has 1 aliphatic heterocycles. The summed E-state index contributed by atoms with van der Waals surface area (Å²) >= 11 is 5.81. The monoisotopic (exact) mass is 401 g/mol. The predicted octanol–water partition coefficient (Wildman–Crippen LogP) is 4.04. The van der Waals surface area contributed by atoms with Crippen molar-refractivity contribution < 1.29 is 9.15 Å². The molecule has 5 nitrogen and oxygen atoms in total. The van der Waals surface area contributed by atoms with E-state index in [1.54, 1.807) is 0 Å². The number of rotatable bonds is 6. The van der Waals surface area contributed by atoms with Crippen LogP contribution in [0.25, 0.3) is 0 Å². The van der Waals surface area contributed by atoms with Crippen molar-refractivity contribution in [2.24, 2.45) is 0 Å². The molecule has 0 atom stereocenters. The number of aryl methyl sites for hydroxylation is 4. The maximum atomic E-state index is 5.81. The van der Waals surface area contributed by atoms with Crippen molar-refractivity contribution in [1.82, 2.24) is 9.80 Å². The quantitative estimate of drug-likeness (QED) is 0.737. The SMILES string of the molecule is Cc1cc(C)c(NC(=S)N(CCN2CCOCC2)Cc2ccc(C)o2)c(C)c1. The number of hydrogen-bond acceptors (Lipinski definition) is 4. The zero-order valence-corrected chi connectivity index (χ0v) is 18.2. The molecule has 0 spiro atoms. The molecule has 3 rings (SSSR count). The van der Waals surface area contributed by atoms with E-state index in [4.69, 9.17) is 21.4 Å². The molecule has 2 aromatic rings. The van der Waals surface area contributed by atoms with Gasteiger partial charge in [0.25, 0.3) is 0 Å². The van der Waals surface area contributed by atoms with Crippen LogP contribution in [-0.4, -0.2) is 54.3 Å². The molecule has 1 aromatic heterocycles. The van der Waals surface area contributed by atoms with Gasteiger partial charge in [-0.05, 0) is 63.2 Å². The van der Waals surface area contributed by atoms with Gasteiger partial charge < -0.3 is 19.4 Å². The Labute approximate surface area is 173 Å². The lowest BCUT2D eigenvalue weighted by molar-refractivity contribution is 0.0356. The number of anilines is 1. The fraction of sp³-hybridized carbons (Fsp3) is 0.500. The Morgan fingerprint density at radius 2 is 1.79 bits per heavy atom. The first-order valence-corrected chi connectivity index (χ1v) is 10.3. The van der Waals surface area contributed by atoms with E-state index >= 15 is 0 Å². The molecule has 1 N–H and O–H groups in total. The summed E-state index contributed by atoms with van der Waals surface area (Å²) in [5.74, 6) is 1.85. The molecule has 28 heavy (non-hydrogen) atoms. The van der Waals surface area contributed by atoms with Crippen molar-refractivity contribution in [1.29, 1.82) is 0 Å². The number of hydrogen-bond donors (Lipinski definition) is 1. The summed E-state index contributed by atoms with van der Waals surface area (Å²) < 4.78 is 11.3. The minimum absolute atomic E-state index is 0.661. The first-order valence-electron chi connectivity index (χ1n) is 9.91. The van der Waals surface area contributed by atoms with E-state index < -0.39 is 0 Å². The topological polar surface area (TPSA) is 40.9 Å². The molecule has 0 aliphatic carbocycles. The molecule has 6 heteroatoms. The Hall–Kier alpha value is -1.89. The average Bonchev–Trinajstić information content (AvgIpc) is 3.07. The summed E-state index contributed by atoms with van der Waals surface area (Å²) in [7, 11) is 0. The van der Waals surface area contributed by atoms with Crippen LogP contribution in [0.2, 0.25) is 0 Å². The number of benzene rings is 1. The number of thiocarbonyl (C=S) groups is 1. The fourth-order valence-electron chi connectivity index (χ4n) is 3.66. The molecule has 0 amide bonds. The van der Waals surface area contributed by atoms with Gasteiger partial charge in [-0.25, -0.2) is 0 Å². The van der Waals surface area contributed by atoms with Gasteiger partial charge in [-0.3, -0.25) is 4.90 Å². The van der Waals surface area contributed by atoms with Gasteiger partial charge in [0.05, 0.1) is 19.8 Å². The highest BCUT2D eigenvalue weighted by molar-refractivity contribution is 7.80. The predicted molar refractivity (Wildman–Crippen MR) is 118 cm³/mol. The Kier molecular flexibility index (Phi) is 7.10. The second-order valence-electron chi connectivity index (χ2n) is 7.59. The lowest BCUT2D eigenvalue weighted by atomic mass is 10.1. The minimum Gasteiger partial charge on any atom is -0.464 e. The molecule has 152 valence electrons. The van der Waals surface area contributed by atoms with Crippen molar-refractivity contribution in [2.45, 2.75) is 34.2 Å². The molecule has 0 unspecified atom stereocenters. The Balaban J connectivity index is 1.71. The number of nitrogens with zero attached hydrogens (tertiary/aromatic N) is 2. The van der Waals surface area contributed by atoms with Crippen LogP contribution in [0.3, 0.4) is 0 Å². The van der Waals surface area contributed by atoms with Crippen molar-refractivity contribution in [2.75, 3.05) is 44.7 Å². The maximum absolute atomic E-state index is 5.81. The van der Waals surface area contributed by atoms with Crippen LogP contribution >= 0.6 is 12.2 Å². The van der Waals surface area contributed by atoms with Gasteiger partial charge in [-0.1, -0.05) is 17.7 Å². The van der Waals surface area contributed by atoms with Gasteiger partial charge in [-0.15, -0.1) is 0 Å². The van der Waals surface area contributed by atoms with Crippen LogP contribution in [0.1, 0.15) is 28.2 Å². The molecule has 1 fully saturated rings. The van der Waals surface area contributed by atoms with E-state index in [9.17, 15) is 0 Å². The summed E-state index contributed by atoms with van der Waals surface area (Å²) in [5.41, 5.74) is 4.79. The first kappa shape index (κ1) is 20.8. The van der Waals surface area contributed by atoms with Crippen molar-refractivity contribution in [3.63, 3.8) is 0 Å². The molecule has 2 heterocycles. The number of nitrogens with one attached hydrogen (secondary N) is 1. The standard InChI is InChI=1S/C22H31N3O2S/c1-16-13-17(2)21(18(3)14-16)23-22(28)25(15-20-6-5-19(4)27-20)8-7-24-9-11-26-12-10-24/h5-6,13-14H,7-12,15H2,1-4H3,(H,23,28). The molecule has 1 aliphatic rings. The zero-order valence-electron chi connectivity index (χ0n) is 17.4. The van der Waals surface area contributed by atoms with Crippen LogP contribution < -0.4 is 5.32 Å². The van der Waals surface area contributed by atoms with Gasteiger partial charge >= 0.3 is 0 Å². The smallest absolute Gasteiger partial charge is 0.173 e. The first-order chi connectivity index (χ1) is 13.4. The van der Waals surface area contributed by atoms with E-state index in [2.05, 4.69) is 48.0 Å². The van der Waals surface area contributed by atoms with E-state index in [-0.39, 0.29) is 0 Å². The van der Waals surface area contributed by atoms with Crippen molar-refractivity contribution in [3.05, 3.63) is 52.5 Å². The third-order valence-electron chi connectivity index (χ3n) is 5.13. The summed E-state index contributed by atoms with van der Waals surface area (Å²) in [4.78, 5) is 4.62. The lowest BCUT2D eigenvalue weighted by Gasteiger charge is -2.31. The largest absolute Gasteiger partial charge is 0.464 e. The molecule has 1 aromatic carbocycles. The summed E-state index contributed by atoms with van der Waals surface area (Å²) in [6.07, 6.45) is 0. The van der Waals surface area contributed by atoms with Crippen LogP contribution in [-0.2, 0) is 11.3 Å². The van der Waals surface area contributed by atoms with E-state index in [0.717, 1.165) is 61.7 Å². The zero-order chi connectivity index (χ0) is 20.1. The summed E-state index contributed by atoms with van der Waals surface area (Å²) in [6.45, 7) is 14.4. The number of furan rings is 1. The second-order valence-corrected chi connectivity index (χ2v) is 7.98. The maximum Gasteiger partial charge on any atom is 0.173 e. The third-order valence-corrected chi connectivity index (χ3v) is 5.49. The van der Waals surface area contributed by atoms with Crippen LogP contribution in [0.4, 0.5) is 5.69 Å². The normalized spacial score (nSPS) is 14.9. The highest BCUT2D eigenvalue weighted by atomic mass is 32.1. The highest BCUT2D eigenvalue weighted by Crippen LogP contribution is 2.23. The molecule has 0 radical (unpaired) electrons. The Morgan fingerprint density at radius 1 is 1.11 bits per heavy atom. The van der Waals surface area contributed by atoms with Gasteiger partial charge in [0.15, 0.2) is 5.11 Å². The third kappa shape index (κ3) is 5.56. The van der Waals surface area contributed by atoms with Gasteiger partial charge in [0, 0.05) is 31.9 Å². The Morgan fingerprint density at radius 3 is 2.39 bits per heavy atom. The molecular formula is C22H31N3O2S. The van der Waals surface area contributed by atoms with Gasteiger partial charge in [-0.2, -0.15) is 0 Å². The molecule has 0 saturated carbocycles. The van der Waals surface area contributed by atoms with Gasteiger partial charge in [0.1, 0.15) is 11.5 Å². The van der Waals surface area contributed by atoms with E-state index in [0.29, 0.717) is 6.54 Å². The van der Waals surface area contributed by atoms with Crippen LogP contribution in [0, 0.1) is 27.7 Å². The number of morpholine rings is 1. The second kappa shape index (κ2) is 9.54. The lowest BCUT2D eigenvalue weighted by Crippen LogP contribution is -2.44. The average molecular weight is 402 g/mol. The molecular weight excluding hydrogens is 370 g/mol. The van der Waals surface area contributed by atoms with Crippen molar-refractivity contribution in [3.8, 4) is 0 Å². The Bertz CT molecular complexity index is 789. The summed E-state index contributed by atoms with van der Waals surface area (Å²) in [5, 5.41) is 4.23. The van der Waals surface area contributed by atoms with E-state index in [1.165, 1.54) is 16.7 Å². The van der Waals surface area contributed by atoms with Crippen molar-refractivity contribution >= 4 is 23.0 Å². The van der Waals surface area contributed by atoms with Gasteiger partial charge in [0.2, 0.25) is 0 Å². The fourth-order valence-corrected chi connectivity index (χ4v) is 3.92. The van der Waals surface area contributed by atoms with Crippen LogP contribution in [0.15, 0.2) is 28.7 Å². The molecule has 1 saturated heterocycles.